The summed E-state index contributed by atoms with van der Waals surface area (Å²) < 4.78 is 1.78. The van der Waals surface area contributed by atoms with E-state index in [4.69, 9.17) is 0 Å². The second-order valence-corrected chi connectivity index (χ2v) is 8.39. The fourth-order valence-corrected chi connectivity index (χ4v) is 4.71. The lowest BCUT2D eigenvalue weighted by atomic mass is 9.89. The van der Waals surface area contributed by atoms with E-state index in [1.807, 2.05) is 18.1 Å². The van der Waals surface area contributed by atoms with E-state index in [1.165, 1.54) is 18.4 Å². The van der Waals surface area contributed by atoms with Crippen molar-refractivity contribution >= 4 is 11.7 Å². The highest BCUT2D eigenvalue weighted by molar-refractivity contribution is 6.08. The quantitative estimate of drug-likeness (QED) is 0.703. The van der Waals surface area contributed by atoms with Crippen LogP contribution < -0.4 is 0 Å². The molecule has 5 heteroatoms. The first-order valence-corrected chi connectivity index (χ1v) is 10.9. The number of aromatic nitrogens is 1. The van der Waals surface area contributed by atoms with Gasteiger partial charge in [0.25, 0.3) is 5.91 Å². The number of carbonyl (C=O) groups excluding carboxylic acids is 2. The van der Waals surface area contributed by atoms with Gasteiger partial charge in [0.05, 0.1) is 0 Å². The number of benzene rings is 1. The fourth-order valence-electron chi connectivity index (χ4n) is 4.71. The van der Waals surface area contributed by atoms with Gasteiger partial charge in [-0.2, -0.15) is 0 Å². The molecule has 2 aromatic rings. The van der Waals surface area contributed by atoms with Crippen LogP contribution in [0.3, 0.4) is 0 Å². The molecule has 0 saturated carbocycles. The second kappa shape index (κ2) is 8.95. The van der Waals surface area contributed by atoms with Gasteiger partial charge in [0.1, 0.15) is 5.69 Å². The molecule has 3 heterocycles. The van der Waals surface area contributed by atoms with E-state index in [9.17, 15) is 9.59 Å². The molecule has 1 fully saturated rings. The van der Waals surface area contributed by atoms with Crippen LogP contribution in [0.25, 0.3) is 0 Å². The summed E-state index contributed by atoms with van der Waals surface area (Å²) in [4.78, 5) is 29.6. The minimum absolute atomic E-state index is 0.00188. The largest absolute Gasteiger partial charge is 0.346 e. The van der Waals surface area contributed by atoms with Crippen molar-refractivity contribution in [3.05, 3.63) is 59.4 Å². The zero-order valence-corrected chi connectivity index (χ0v) is 17.3. The Labute approximate surface area is 173 Å². The van der Waals surface area contributed by atoms with Crippen molar-refractivity contribution < 1.29 is 9.59 Å². The molecule has 4 rings (SSSR count). The molecular weight excluding hydrogens is 362 g/mol. The van der Waals surface area contributed by atoms with Gasteiger partial charge in [-0.1, -0.05) is 30.3 Å². The summed E-state index contributed by atoms with van der Waals surface area (Å²) in [6, 6.07) is 12.6. The second-order valence-electron chi connectivity index (χ2n) is 8.39. The van der Waals surface area contributed by atoms with Crippen molar-refractivity contribution in [1.29, 1.82) is 0 Å². The van der Waals surface area contributed by atoms with Crippen molar-refractivity contribution in [2.75, 3.05) is 32.7 Å². The average molecular weight is 394 g/mol. The maximum atomic E-state index is 12.9. The first-order valence-electron chi connectivity index (χ1n) is 10.9. The van der Waals surface area contributed by atoms with E-state index in [-0.39, 0.29) is 11.7 Å². The third kappa shape index (κ3) is 4.45. The van der Waals surface area contributed by atoms with Gasteiger partial charge in [0, 0.05) is 38.3 Å². The van der Waals surface area contributed by atoms with Crippen molar-refractivity contribution in [2.24, 2.45) is 7.05 Å². The third-order valence-electron chi connectivity index (χ3n) is 6.48. The smallest absolute Gasteiger partial charge is 0.271 e. The molecule has 0 bridgehead atoms. The summed E-state index contributed by atoms with van der Waals surface area (Å²) in [6.07, 6.45) is 6.77. The molecular formula is C24H31N3O2. The molecule has 5 nitrogen and oxygen atoms in total. The highest BCUT2D eigenvalue weighted by Gasteiger charge is 2.29. The van der Waals surface area contributed by atoms with E-state index in [1.54, 1.807) is 10.6 Å². The lowest BCUT2D eigenvalue weighted by molar-refractivity contribution is 0.0744. The number of carbonyl (C=O) groups is 2. The van der Waals surface area contributed by atoms with E-state index in [0.717, 1.165) is 39.0 Å². The van der Waals surface area contributed by atoms with Crippen molar-refractivity contribution in [1.82, 2.24) is 14.4 Å². The molecule has 0 spiro atoms. The summed E-state index contributed by atoms with van der Waals surface area (Å²) in [7, 11) is 1.84. The number of unbranched alkanes of at least 4 members (excludes halogenated alkanes) is 1. The summed E-state index contributed by atoms with van der Waals surface area (Å²) in [5, 5.41) is 0. The predicted octanol–water partition coefficient (Wildman–Crippen LogP) is 3.71. The maximum Gasteiger partial charge on any atom is 0.271 e. The molecule has 1 saturated heterocycles. The van der Waals surface area contributed by atoms with Gasteiger partial charge in [0.15, 0.2) is 5.78 Å². The van der Waals surface area contributed by atoms with Gasteiger partial charge < -0.3 is 14.4 Å². The number of nitrogens with zero attached hydrogens (tertiary/aromatic N) is 3. The fraction of sp³-hybridized carbons (Fsp3) is 0.500. The van der Waals surface area contributed by atoms with Gasteiger partial charge in [-0.15, -0.1) is 0 Å². The number of aryl methyl sites for hydroxylation is 1. The summed E-state index contributed by atoms with van der Waals surface area (Å²) in [5.74, 6) is 0.777. The van der Waals surface area contributed by atoms with E-state index in [0.29, 0.717) is 30.1 Å². The van der Waals surface area contributed by atoms with Gasteiger partial charge in [-0.3, -0.25) is 9.59 Å². The lowest BCUT2D eigenvalue weighted by Gasteiger charge is -2.32. The standard InChI is InChI=1S/C24H31N3O2/c1-25-15-11-21-22(28)12-18-27(24(29)23(21)25)14-6-5-13-26-16-9-20(10-17-26)19-7-3-2-4-8-19/h2-4,7-8,11,15,20H,5-6,9-10,12-14,16-18H2,1H3. The summed E-state index contributed by atoms with van der Waals surface area (Å²) in [6.45, 7) is 4.68. The molecule has 2 aliphatic heterocycles. The predicted molar refractivity (Wildman–Crippen MR) is 114 cm³/mol. The number of Topliss-reactive ketones (excluding diaryl/α,β-unsaturated/α-hetero) is 1. The van der Waals surface area contributed by atoms with Crippen LogP contribution in [-0.4, -0.2) is 58.8 Å². The minimum Gasteiger partial charge on any atom is -0.346 e. The SMILES string of the molecule is Cn1ccc2c1C(=O)N(CCCCN1CCC(c3ccccc3)CC1)CCC2=O. The van der Waals surface area contributed by atoms with Crippen LogP contribution in [-0.2, 0) is 7.05 Å². The third-order valence-corrected chi connectivity index (χ3v) is 6.48. The molecule has 154 valence electrons. The topological polar surface area (TPSA) is 45.6 Å². The lowest BCUT2D eigenvalue weighted by Crippen LogP contribution is -2.35. The van der Waals surface area contributed by atoms with Crippen LogP contribution in [0.4, 0.5) is 0 Å². The Morgan fingerprint density at radius 3 is 2.41 bits per heavy atom. The van der Waals surface area contributed by atoms with E-state index >= 15 is 0 Å². The van der Waals surface area contributed by atoms with Crippen LogP contribution in [0.5, 0.6) is 0 Å². The van der Waals surface area contributed by atoms with Crippen molar-refractivity contribution in [2.45, 2.75) is 38.0 Å². The number of piperidine rings is 1. The highest BCUT2D eigenvalue weighted by Crippen LogP contribution is 2.27. The van der Waals surface area contributed by atoms with Crippen LogP contribution in [0.15, 0.2) is 42.6 Å². The number of amides is 1. The Morgan fingerprint density at radius 1 is 0.931 bits per heavy atom. The number of fused-ring (bicyclic) bond motifs is 1. The monoisotopic (exact) mass is 393 g/mol. The Kier molecular flexibility index (Phi) is 6.14. The molecule has 0 unspecified atom stereocenters. The maximum absolute atomic E-state index is 12.9. The molecule has 0 radical (unpaired) electrons. The summed E-state index contributed by atoms with van der Waals surface area (Å²) in [5.41, 5.74) is 2.61. The van der Waals surface area contributed by atoms with Crippen molar-refractivity contribution in [3.63, 3.8) is 0 Å². The molecule has 1 amide bonds. The number of likely N-dealkylation sites (tertiary alicyclic amines) is 1. The zero-order valence-electron chi connectivity index (χ0n) is 17.3. The molecule has 29 heavy (non-hydrogen) atoms. The van der Waals surface area contributed by atoms with Crippen molar-refractivity contribution in [3.8, 4) is 0 Å². The number of hydrogen-bond acceptors (Lipinski definition) is 3. The van der Waals surface area contributed by atoms with Crippen LogP contribution >= 0.6 is 0 Å². The van der Waals surface area contributed by atoms with E-state index in [2.05, 4.69) is 35.2 Å². The van der Waals surface area contributed by atoms with Gasteiger partial charge in [0.2, 0.25) is 0 Å². The van der Waals surface area contributed by atoms with Crippen LogP contribution in [0, 0.1) is 0 Å². The Bertz CT molecular complexity index is 850. The molecule has 1 aromatic heterocycles. The normalized spacial score (nSPS) is 18.7. The Hall–Kier alpha value is -2.40. The molecule has 0 atom stereocenters. The zero-order chi connectivity index (χ0) is 20.2. The Morgan fingerprint density at radius 2 is 1.66 bits per heavy atom. The van der Waals surface area contributed by atoms with Gasteiger partial charge >= 0.3 is 0 Å². The van der Waals surface area contributed by atoms with E-state index < -0.39 is 0 Å². The van der Waals surface area contributed by atoms with Gasteiger partial charge in [-0.25, -0.2) is 0 Å². The van der Waals surface area contributed by atoms with Crippen LogP contribution in [0.2, 0.25) is 0 Å². The first kappa shape index (κ1) is 19.9. The number of hydrogen-bond donors (Lipinski definition) is 0. The number of ketones is 1. The van der Waals surface area contributed by atoms with Gasteiger partial charge in [-0.05, 0) is 62.9 Å². The number of rotatable bonds is 6. The van der Waals surface area contributed by atoms with Crippen LogP contribution in [0.1, 0.15) is 64.4 Å². The minimum atomic E-state index is 0.00188. The highest BCUT2D eigenvalue weighted by atomic mass is 16.2. The molecule has 0 aliphatic carbocycles. The Balaban J connectivity index is 1.22. The first-order chi connectivity index (χ1) is 14.1. The summed E-state index contributed by atoms with van der Waals surface area (Å²) >= 11 is 0. The molecule has 1 aromatic carbocycles. The average Bonchev–Trinajstić information content (AvgIpc) is 3.09. The molecule has 2 aliphatic rings. The molecule has 0 N–H and O–H groups in total.